The number of ether oxygens (including phenoxy) is 1. The molecule has 2 aromatic rings. The van der Waals surface area contributed by atoms with Gasteiger partial charge in [0.1, 0.15) is 17.8 Å². The molecule has 4 heteroatoms. The summed E-state index contributed by atoms with van der Waals surface area (Å²) in [5.41, 5.74) is -2.34. The van der Waals surface area contributed by atoms with Crippen LogP contribution in [-0.4, -0.2) is 28.4 Å². The van der Waals surface area contributed by atoms with Gasteiger partial charge >= 0.3 is 5.97 Å². The van der Waals surface area contributed by atoms with E-state index in [2.05, 4.69) is 0 Å². The second-order valence-electron chi connectivity index (χ2n) is 5.31. The van der Waals surface area contributed by atoms with Gasteiger partial charge in [-0.1, -0.05) is 60.7 Å². The van der Waals surface area contributed by atoms with E-state index >= 15 is 0 Å². The molecule has 0 saturated carbocycles. The van der Waals surface area contributed by atoms with Gasteiger partial charge in [0.25, 0.3) is 0 Å². The lowest BCUT2D eigenvalue weighted by Crippen LogP contribution is -2.53. The van der Waals surface area contributed by atoms with Gasteiger partial charge in [0.05, 0.1) is 6.42 Å². The number of carbonyl (C=O) groups excluding carboxylic acids is 1. The van der Waals surface area contributed by atoms with E-state index in [4.69, 9.17) is 4.74 Å². The molecule has 0 amide bonds. The molecule has 0 spiro atoms. The van der Waals surface area contributed by atoms with Gasteiger partial charge < -0.3 is 14.9 Å². The Balaban J connectivity index is 2.19. The van der Waals surface area contributed by atoms with Crippen molar-refractivity contribution in [2.24, 2.45) is 0 Å². The van der Waals surface area contributed by atoms with Crippen LogP contribution in [0.4, 0.5) is 0 Å². The molecule has 2 N–H and O–H groups in total. The Morgan fingerprint density at radius 3 is 1.81 bits per heavy atom. The van der Waals surface area contributed by atoms with Gasteiger partial charge in [-0.2, -0.15) is 0 Å². The Kier molecular flexibility index (Phi) is 3.27. The van der Waals surface area contributed by atoms with Crippen molar-refractivity contribution >= 4 is 5.97 Å². The van der Waals surface area contributed by atoms with E-state index in [1.54, 1.807) is 48.5 Å². The van der Waals surface area contributed by atoms with E-state index in [1.165, 1.54) is 0 Å². The van der Waals surface area contributed by atoms with Gasteiger partial charge in [0, 0.05) is 0 Å². The van der Waals surface area contributed by atoms with Crippen LogP contribution in [0.1, 0.15) is 17.5 Å². The minimum atomic E-state index is -1.71. The highest BCUT2D eigenvalue weighted by Crippen LogP contribution is 2.43. The van der Waals surface area contributed by atoms with Crippen molar-refractivity contribution < 1.29 is 19.7 Å². The van der Waals surface area contributed by atoms with Crippen LogP contribution in [0, 0.1) is 0 Å². The Labute approximate surface area is 122 Å². The average Bonchev–Trinajstić information content (AvgIpc) is 2.89. The Bertz CT molecular complexity index is 599. The summed E-state index contributed by atoms with van der Waals surface area (Å²) < 4.78 is 4.91. The number of rotatable bonds is 3. The fraction of sp³-hybridized carbons (Fsp3) is 0.235. The fourth-order valence-corrected chi connectivity index (χ4v) is 2.84. The summed E-state index contributed by atoms with van der Waals surface area (Å²) in [6.45, 7) is -0.230. The first kappa shape index (κ1) is 13.8. The van der Waals surface area contributed by atoms with Crippen LogP contribution >= 0.6 is 0 Å². The highest BCUT2D eigenvalue weighted by Gasteiger charge is 2.56. The molecule has 1 aliphatic rings. The molecule has 0 radical (unpaired) electrons. The molecule has 1 fully saturated rings. The first-order chi connectivity index (χ1) is 10.1. The maximum absolute atomic E-state index is 11.5. The number of cyclic esters (lactones) is 1. The van der Waals surface area contributed by atoms with Crippen molar-refractivity contribution in [2.75, 3.05) is 6.61 Å². The van der Waals surface area contributed by atoms with Crippen molar-refractivity contribution in [1.29, 1.82) is 0 Å². The molecule has 1 aliphatic heterocycles. The van der Waals surface area contributed by atoms with Crippen molar-refractivity contribution in [3.63, 3.8) is 0 Å². The van der Waals surface area contributed by atoms with Gasteiger partial charge in [0.15, 0.2) is 0 Å². The summed E-state index contributed by atoms with van der Waals surface area (Å²) in [4.78, 5) is 11.5. The molecule has 2 aromatic carbocycles. The SMILES string of the molecule is O=C1CC(O)(C(O)(c2ccccc2)c2ccccc2)CO1. The molecule has 0 bridgehead atoms. The van der Waals surface area contributed by atoms with Crippen LogP contribution in [-0.2, 0) is 15.1 Å². The Morgan fingerprint density at radius 2 is 1.43 bits per heavy atom. The molecule has 0 aromatic heterocycles. The second-order valence-corrected chi connectivity index (χ2v) is 5.31. The smallest absolute Gasteiger partial charge is 0.309 e. The van der Waals surface area contributed by atoms with E-state index in [1.807, 2.05) is 12.1 Å². The first-order valence-electron chi connectivity index (χ1n) is 6.78. The maximum atomic E-state index is 11.5. The first-order valence-corrected chi connectivity index (χ1v) is 6.78. The van der Waals surface area contributed by atoms with Gasteiger partial charge in [-0.25, -0.2) is 0 Å². The summed E-state index contributed by atoms with van der Waals surface area (Å²) in [6.07, 6.45) is -0.243. The van der Waals surface area contributed by atoms with E-state index in [0.717, 1.165) is 0 Å². The topological polar surface area (TPSA) is 66.8 Å². The summed E-state index contributed by atoms with van der Waals surface area (Å²) in [5, 5.41) is 22.2. The van der Waals surface area contributed by atoms with Crippen LogP contribution < -0.4 is 0 Å². The fourth-order valence-electron chi connectivity index (χ4n) is 2.84. The zero-order chi connectivity index (χ0) is 14.9. The predicted molar refractivity (Wildman–Crippen MR) is 76.4 cm³/mol. The van der Waals surface area contributed by atoms with E-state index in [0.29, 0.717) is 11.1 Å². The van der Waals surface area contributed by atoms with Crippen molar-refractivity contribution in [2.45, 2.75) is 17.6 Å². The highest BCUT2D eigenvalue weighted by atomic mass is 16.6. The highest BCUT2D eigenvalue weighted by molar-refractivity contribution is 5.74. The monoisotopic (exact) mass is 284 g/mol. The number of aliphatic hydroxyl groups is 2. The molecule has 1 atom stereocenters. The minimum absolute atomic E-state index is 0.230. The van der Waals surface area contributed by atoms with Crippen LogP contribution in [0.2, 0.25) is 0 Å². The van der Waals surface area contributed by atoms with Crippen molar-refractivity contribution in [1.82, 2.24) is 0 Å². The van der Waals surface area contributed by atoms with Crippen LogP contribution in [0.5, 0.6) is 0 Å². The van der Waals surface area contributed by atoms with E-state index in [-0.39, 0.29) is 13.0 Å². The van der Waals surface area contributed by atoms with Crippen LogP contribution in [0.25, 0.3) is 0 Å². The predicted octanol–water partition coefficient (Wildman–Crippen LogP) is 1.60. The zero-order valence-electron chi connectivity index (χ0n) is 11.4. The Hall–Kier alpha value is -2.17. The van der Waals surface area contributed by atoms with Gasteiger partial charge in [-0.3, -0.25) is 4.79 Å². The number of esters is 1. The molecule has 1 unspecified atom stereocenters. The molecule has 21 heavy (non-hydrogen) atoms. The van der Waals surface area contributed by atoms with Crippen LogP contribution in [0.3, 0.4) is 0 Å². The van der Waals surface area contributed by atoms with E-state index in [9.17, 15) is 15.0 Å². The van der Waals surface area contributed by atoms with Crippen LogP contribution in [0.15, 0.2) is 60.7 Å². The zero-order valence-corrected chi connectivity index (χ0v) is 11.4. The summed E-state index contributed by atoms with van der Waals surface area (Å²) in [7, 11) is 0. The Morgan fingerprint density at radius 1 is 0.952 bits per heavy atom. The summed E-state index contributed by atoms with van der Waals surface area (Å²) >= 11 is 0. The summed E-state index contributed by atoms with van der Waals surface area (Å²) in [6, 6.07) is 17.7. The molecule has 3 rings (SSSR count). The quantitative estimate of drug-likeness (QED) is 0.840. The lowest BCUT2D eigenvalue weighted by molar-refractivity contribution is -0.138. The lowest BCUT2D eigenvalue weighted by Gasteiger charge is -2.40. The number of hydrogen-bond acceptors (Lipinski definition) is 4. The summed E-state index contributed by atoms with van der Waals surface area (Å²) in [5.74, 6) is -0.511. The molecule has 1 saturated heterocycles. The van der Waals surface area contributed by atoms with Crippen molar-refractivity contribution in [3.05, 3.63) is 71.8 Å². The third-order valence-electron chi connectivity index (χ3n) is 3.97. The molecule has 108 valence electrons. The average molecular weight is 284 g/mol. The number of hydrogen-bond donors (Lipinski definition) is 2. The second kappa shape index (κ2) is 4.98. The largest absolute Gasteiger partial charge is 0.462 e. The normalized spacial score (nSPS) is 22.1. The molecule has 1 heterocycles. The molecular weight excluding hydrogens is 268 g/mol. The van der Waals surface area contributed by atoms with Gasteiger partial charge in [-0.05, 0) is 11.1 Å². The van der Waals surface area contributed by atoms with Crippen molar-refractivity contribution in [3.8, 4) is 0 Å². The minimum Gasteiger partial charge on any atom is -0.462 e. The molecule has 0 aliphatic carbocycles. The standard InChI is InChI=1S/C17H16O4/c18-15-11-16(19,12-21-15)17(20,13-7-3-1-4-8-13)14-9-5-2-6-10-14/h1-10,19-20H,11-12H2. The maximum Gasteiger partial charge on any atom is 0.309 e. The third-order valence-corrected chi connectivity index (χ3v) is 3.97. The number of carbonyl (C=O) groups is 1. The molecule has 4 nitrogen and oxygen atoms in total. The molecular formula is C17H16O4. The number of benzene rings is 2. The van der Waals surface area contributed by atoms with E-state index < -0.39 is 17.2 Å². The van der Waals surface area contributed by atoms with Gasteiger partial charge in [-0.15, -0.1) is 0 Å². The lowest BCUT2D eigenvalue weighted by atomic mass is 9.72. The third kappa shape index (κ3) is 2.13. The van der Waals surface area contributed by atoms with Gasteiger partial charge in [0.2, 0.25) is 0 Å².